The van der Waals surface area contributed by atoms with Crippen molar-refractivity contribution in [2.75, 3.05) is 22.8 Å². The lowest BCUT2D eigenvalue weighted by Gasteiger charge is -2.42. The van der Waals surface area contributed by atoms with Gasteiger partial charge in [0.25, 0.3) is 10.0 Å². The van der Waals surface area contributed by atoms with E-state index in [2.05, 4.69) is 0 Å². The van der Waals surface area contributed by atoms with Crippen molar-refractivity contribution in [3.63, 3.8) is 0 Å². The lowest BCUT2D eigenvalue weighted by molar-refractivity contribution is -0.138. The number of anilines is 2. The number of hydrogen-bond donors (Lipinski definition) is 1. The van der Waals surface area contributed by atoms with Crippen LogP contribution < -0.4 is 9.21 Å². The molecule has 14 heteroatoms. The number of carbonyl (C=O) groups is 1. The molecule has 42 heavy (non-hydrogen) atoms. The zero-order valence-corrected chi connectivity index (χ0v) is 23.3. The maximum Gasteiger partial charge on any atom is 0.417 e. The van der Waals surface area contributed by atoms with Crippen LogP contribution in [0.25, 0.3) is 12.2 Å². The zero-order valence-electron chi connectivity index (χ0n) is 21.7. The van der Waals surface area contributed by atoms with Crippen LogP contribution >= 0.6 is 11.6 Å². The number of sulfonamides is 1. The van der Waals surface area contributed by atoms with Crippen molar-refractivity contribution >= 4 is 51.1 Å². The minimum atomic E-state index is -4.80. The summed E-state index contributed by atoms with van der Waals surface area (Å²) < 4.78 is 109. The van der Waals surface area contributed by atoms with Crippen LogP contribution in [0.3, 0.4) is 0 Å². The third kappa shape index (κ3) is 6.51. The van der Waals surface area contributed by atoms with Gasteiger partial charge < -0.3 is 10.0 Å². The van der Waals surface area contributed by atoms with Gasteiger partial charge >= 0.3 is 18.3 Å². The number of rotatable bonds is 7. The van der Waals surface area contributed by atoms with Gasteiger partial charge in [-0.3, -0.25) is 9.10 Å². The molecule has 3 aromatic rings. The number of carboxylic acids is 1. The maximum atomic E-state index is 13.8. The lowest BCUT2D eigenvalue weighted by atomic mass is 10.0. The second-order valence-electron chi connectivity index (χ2n) is 9.54. The lowest BCUT2D eigenvalue weighted by Crippen LogP contribution is -2.49. The van der Waals surface area contributed by atoms with E-state index in [0.29, 0.717) is 11.8 Å². The van der Waals surface area contributed by atoms with Gasteiger partial charge in [-0.1, -0.05) is 42.0 Å². The molecule has 6 nitrogen and oxygen atoms in total. The Hall–Kier alpha value is -3.71. The first kappa shape index (κ1) is 31.2. The summed E-state index contributed by atoms with van der Waals surface area (Å²) in [5.41, 5.74) is -1.78. The number of aliphatic carboxylic acids is 1. The van der Waals surface area contributed by atoms with E-state index in [1.54, 1.807) is 11.9 Å². The first-order valence-corrected chi connectivity index (χ1v) is 14.1. The first-order valence-electron chi connectivity index (χ1n) is 12.3. The third-order valence-electron chi connectivity index (χ3n) is 6.81. The Labute approximate surface area is 242 Å². The molecule has 1 heterocycles. The summed E-state index contributed by atoms with van der Waals surface area (Å²) >= 11 is 6.03. The van der Waals surface area contributed by atoms with E-state index in [1.807, 2.05) is 0 Å². The second kappa shape index (κ2) is 11.5. The van der Waals surface area contributed by atoms with Gasteiger partial charge in [-0.25, -0.2) is 8.42 Å². The van der Waals surface area contributed by atoms with Crippen LogP contribution in [-0.4, -0.2) is 39.1 Å². The summed E-state index contributed by atoms with van der Waals surface area (Å²) in [6.07, 6.45) is -7.30. The number of halogens is 7. The van der Waals surface area contributed by atoms with E-state index in [0.717, 1.165) is 40.7 Å². The number of benzene rings is 3. The van der Waals surface area contributed by atoms with E-state index in [1.165, 1.54) is 30.3 Å². The molecule has 1 atom stereocenters. The maximum absolute atomic E-state index is 13.8. The van der Waals surface area contributed by atoms with Crippen molar-refractivity contribution in [2.45, 2.75) is 36.1 Å². The molecule has 0 spiro atoms. The molecule has 3 aromatic carbocycles. The van der Waals surface area contributed by atoms with Gasteiger partial charge in [0, 0.05) is 30.1 Å². The minimum absolute atomic E-state index is 0.0360. The molecule has 0 saturated carbocycles. The van der Waals surface area contributed by atoms with E-state index >= 15 is 0 Å². The van der Waals surface area contributed by atoms with Gasteiger partial charge in [0.15, 0.2) is 0 Å². The van der Waals surface area contributed by atoms with Crippen LogP contribution in [0.5, 0.6) is 0 Å². The summed E-state index contributed by atoms with van der Waals surface area (Å²) in [6.45, 7) is -0.286. The summed E-state index contributed by atoms with van der Waals surface area (Å²) in [5, 5.41) is 9.01. The third-order valence-corrected chi connectivity index (χ3v) is 8.92. The average Bonchev–Trinajstić information content (AvgIpc) is 2.90. The Bertz CT molecular complexity index is 1640. The SMILES string of the molecule is CN1c2ccc(/C=C/c3c(Cl)cccc3C(F)(F)F)cc2N(S(=O)(=O)c2cccc(C(F)(F)F)c2)C[C@@H]1CCC(=O)O. The molecule has 0 fully saturated rings. The standard InChI is InChI=1S/C28H23ClF6N2O4S/c1-36-19(10-13-26(38)39)16-37(42(40,41)20-5-2-4-18(15-20)27(30,31)32)25-14-17(9-12-24(25)36)8-11-21-22(28(33,34)35)6-3-7-23(21)29/h2-9,11-12,14-15,19H,10,13,16H2,1H3,(H,38,39)/b11-8+/t19-/m0/s1. The van der Waals surface area contributed by atoms with Crippen molar-refractivity contribution in [2.24, 2.45) is 0 Å². The van der Waals surface area contributed by atoms with Gasteiger partial charge in [-0.2, -0.15) is 26.3 Å². The fourth-order valence-corrected chi connectivity index (χ4v) is 6.44. The molecule has 1 aliphatic rings. The molecule has 0 unspecified atom stereocenters. The number of hydrogen-bond acceptors (Lipinski definition) is 4. The van der Waals surface area contributed by atoms with E-state index in [9.17, 15) is 44.7 Å². The Balaban J connectivity index is 1.82. The summed E-state index contributed by atoms with van der Waals surface area (Å²) in [7, 11) is -2.99. The number of carboxylic acid groups (broad SMARTS) is 1. The molecular weight excluding hydrogens is 610 g/mol. The summed E-state index contributed by atoms with van der Waals surface area (Å²) in [5.74, 6) is -1.11. The summed E-state index contributed by atoms with van der Waals surface area (Å²) in [4.78, 5) is 12.3. The van der Waals surface area contributed by atoms with Gasteiger partial charge in [-0.05, 0) is 54.4 Å². The van der Waals surface area contributed by atoms with E-state index in [4.69, 9.17) is 11.6 Å². The molecule has 0 amide bonds. The second-order valence-corrected chi connectivity index (χ2v) is 11.8. The Kier molecular flexibility index (Phi) is 8.57. The molecule has 0 radical (unpaired) electrons. The van der Waals surface area contributed by atoms with Gasteiger partial charge in [0.2, 0.25) is 0 Å². The van der Waals surface area contributed by atoms with Gasteiger partial charge in [-0.15, -0.1) is 0 Å². The molecule has 0 aromatic heterocycles. The van der Waals surface area contributed by atoms with Crippen molar-refractivity contribution < 1.29 is 44.7 Å². The molecule has 224 valence electrons. The summed E-state index contributed by atoms with van der Waals surface area (Å²) in [6, 6.07) is 10.3. The highest BCUT2D eigenvalue weighted by atomic mass is 35.5. The fraction of sp³-hybridized carbons (Fsp3) is 0.250. The largest absolute Gasteiger partial charge is 0.481 e. The quantitative estimate of drug-likeness (QED) is 0.217. The van der Waals surface area contributed by atoms with Gasteiger partial charge in [0.05, 0.1) is 33.9 Å². The Morgan fingerprint density at radius 3 is 2.31 bits per heavy atom. The van der Waals surface area contributed by atoms with Crippen LogP contribution in [-0.2, 0) is 27.2 Å². The van der Waals surface area contributed by atoms with Crippen molar-refractivity contribution in [3.8, 4) is 0 Å². The molecule has 1 N–H and O–H groups in total. The number of likely N-dealkylation sites (N-methyl/N-ethyl adjacent to an activating group) is 1. The van der Waals surface area contributed by atoms with Gasteiger partial charge in [0.1, 0.15) is 0 Å². The minimum Gasteiger partial charge on any atom is -0.481 e. The molecule has 0 aliphatic carbocycles. The highest BCUT2D eigenvalue weighted by molar-refractivity contribution is 7.92. The first-order chi connectivity index (χ1) is 19.5. The van der Waals surface area contributed by atoms with Crippen molar-refractivity contribution in [1.82, 2.24) is 0 Å². The highest BCUT2D eigenvalue weighted by Gasteiger charge is 2.38. The van der Waals surface area contributed by atoms with Crippen molar-refractivity contribution in [3.05, 3.63) is 87.9 Å². The topological polar surface area (TPSA) is 77.9 Å². The molecule has 0 bridgehead atoms. The van der Waals surface area contributed by atoms with E-state index in [-0.39, 0.29) is 41.2 Å². The Morgan fingerprint density at radius 2 is 1.67 bits per heavy atom. The number of fused-ring (bicyclic) bond motifs is 1. The molecule has 4 rings (SSSR count). The van der Waals surface area contributed by atoms with Crippen LogP contribution in [0.2, 0.25) is 5.02 Å². The zero-order chi connectivity index (χ0) is 31.0. The smallest absolute Gasteiger partial charge is 0.417 e. The molecule has 0 saturated heterocycles. The van der Waals surface area contributed by atoms with Crippen LogP contribution in [0.1, 0.15) is 35.1 Å². The van der Waals surface area contributed by atoms with E-state index < -0.39 is 50.4 Å². The van der Waals surface area contributed by atoms with Crippen LogP contribution in [0.15, 0.2) is 65.6 Å². The molecule has 1 aliphatic heterocycles. The highest BCUT2D eigenvalue weighted by Crippen LogP contribution is 2.41. The molecular formula is C28H23ClF6N2O4S. The number of nitrogens with zero attached hydrogens (tertiary/aromatic N) is 2. The van der Waals surface area contributed by atoms with Crippen molar-refractivity contribution in [1.29, 1.82) is 0 Å². The number of alkyl halides is 6. The normalized spacial score (nSPS) is 16.1. The fourth-order valence-electron chi connectivity index (χ4n) is 4.65. The predicted octanol–water partition coefficient (Wildman–Crippen LogP) is 7.43. The average molecular weight is 633 g/mol. The Morgan fingerprint density at radius 1 is 0.976 bits per heavy atom. The van der Waals surface area contributed by atoms with Crippen LogP contribution in [0.4, 0.5) is 37.7 Å². The monoisotopic (exact) mass is 632 g/mol. The predicted molar refractivity (Wildman–Crippen MR) is 147 cm³/mol. The van der Waals surface area contributed by atoms with Crippen LogP contribution in [0, 0.1) is 0 Å².